The lowest BCUT2D eigenvalue weighted by Crippen LogP contribution is -2.40. The molecule has 1 saturated heterocycles. The Morgan fingerprint density at radius 1 is 1.39 bits per heavy atom. The summed E-state index contributed by atoms with van der Waals surface area (Å²) < 4.78 is 0. The summed E-state index contributed by atoms with van der Waals surface area (Å²) in [5.41, 5.74) is 1.23. The molecule has 0 unspecified atom stereocenters. The quantitative estimate of drug-likeness (QED) is 0.770. The van der Waals surface area contributed by atoms with E-state index in [-0.39, 0.29) is 12.0 Å². The number of fused-ring (bicyclic) bond motifs is 1. The van der Waals surface area contributed by atoms with E-state index >= 15 is 0 Å². The molecule has 0 aromatic carbocycles. The molecular formula is C12H14N4O2. The topological polar surface area (TPSA) is 82.1 Å². The summed E-state index contributed by atoms with van der Waals surface area (Å²) in [6, 6.07) is 1.72. The molecule has 2 N–H and O–H groups in total. The largest absolute Gasteiger partial charge is 0.393 e. The molecule has 0 radical (unpaired) electrons. The molecule has 6 nitrogen and oxygen atoms in total. The summed E-state index contributed by atoms with van der Waals surface area (Å²) in [5.74, 6) is -0.0848. The van der Waals surface area contributed by atoms with E-state index in [0.29, 0.717) is 31.6 Å². The Labute approximate surface area is 104 Å². The fourth-order valence-corrected chi connectivity index (χ4v) is 2.18. The van der Waals surface area contributed by atoms with E-state index in [2.05, 4.69) is 15.2 Å². The van der Waals surface area contributed by atoms with Crippen molar-refractivity contribution in [3.8, 4) is 0 Å². The van der Waals surface area contributed by atoms with E-state index in [4.69, 9.17) is 0 Å². The van der Waals surface area contributed by atoms with Crippen LogP contribution in [0.3, 0.4) is 0 Å². The number of carbonyl (C=O) groups excluding carboxylic acids is 1. The molecular weight excluding hydrogens is 232 g/mol. The number of hydrogen-bond donors (Lipinski definition) is 2. The Bertz CT molecular complexity index is 572. The summed E-state index contributed by atoms with van der Waals surface area (Å²) in [7, 11) is 0. The molecule has 3 heterocycles. The molecule has 1 amide bonds. The highest BCUT2D eigenvalue weighted by atomic mass is 16.3. The van der Waals surface area contributed by atoms with Gasteiger partial charge in [0.1, 0.15) is 5.69 Å². The third kappa shape index (κ3) is 1.95. The van der Waals surface area contributed by atoms with Crippen molar-refractivity contribution in [3.63, 3.8) is 0 Å². The second-order valence-electron chi connectivity index (χ2n) is 4.55. The summed E-state index contributed by atoms with van der Waals surface area (Å²) in [6.45, 7) is 1.17. The molecule has 1 aliphatic heterocycles. The minimum Gasteiger partial charge on any atom is -0.393 e. The lowest BCUT2D eigenvalue weighted by Gasteiger charge is -2.29. The average Bonchev–Trinajstić information content (AvgIpc) is 2.86. The van der Waals surface area contributed by atoms with E-state index in [1.807, 2.05) is 0 Å². The van der Waals surface area contributed by atoms with E-state index < -0.39 is 0 Å². The third-order valence-electron chi connectivity index (χ3n) is 3.29. The van der Waals surface area contributed by atoms with E-state index in [0.717, 1.165) is 10.9 Å². The van der Waals surface area contributed by atoms with Crippen molar-refractivity contribution in [2.75, 3.05) is 13.1 Å². The van der Waals surface area contributed by atoms with Crippen LogP contribution in [0.25, 0.3) is 10.9 Å². The number of aliphatic hydroxyl groups is 1. The van der Waals surface area contributed by atoms with E-state index in [1.165, 1.54) is 0 Å². The van der Waals surface area contributed by atoms with Crippen molar-refractivity contribution in [2.24, 2.45) is 0 Å². The van der Waals surface area contributed by atoms with Gasteiger partial charge in [-0.2, -0.15) is 5.10 Å². The van der Waals surface area contributed by atoms with Gasteiger partial charge in [-0.05, 0) is 18.9 Å². The molecule has 1 fully saturated rings. The van der Waals surface area contributed by atoms with Crippen LogP contribution in [0.15, 0.2) is 18.5 Å². The minimum atomic E-state index is -0.280. The lowest BCUT2D eigenvalue weighted by atomic mass is 10.1. The summed E-state index contributed by atoms with van der Waals surface area (Å²) in [5, 5.41) is 17.0. The van der Waals surface area contributed by atoms with Crippen molar-refractivity contribution in [3.05, 3.63) is 24.2 Å². The third-order valence-corrected chi connectivity index (χ3v) is 3.29. The number of piperidine rings is 1. The maximum Gasteiger partial charge on any atom is 0.272 e. The molecule has 18 heavy (non-hydrogen) atoms. The van der Waals surface area contributed by atoms with Gasteiger partial charge in [-0.1, -0.05) is 0 Å². The lowest BCUT2D eigenvalue weighted by molar-refractivity contribution is 0.0541. The van der Waals surface area contributed by atoms with E-state index in [1.54, 1.807) is 23.4 Å². The van der Waals surface area contributed by atoms with Crippen LogP contribution < -0.4 is 0 Å². The fraction of sp³-hybridized carbons (Fsp3) is 0.417. The molecule has 1 aliphatic rings. The van der Waals surface area contributed by atoms with Gasteiger partial charge in [-0.25, -0.2) is 0 Å². The number of H-pyrrole nitrogens is 1. The van der Waals surface area contributed by atoms with Crippen LogP contribution >= 0.6 is 0 Å². The SMILES string of the molecule is O=C(c1cc2[nH]ncc2cn1)N1CCC(O)CC1. The Morgan fingerprint density at radius 3 is 2.94 bits per heavy atom. The van der Waals surface area contributed by atoms with Crippen molar-refractivity contribution >= 4 is 16.8 Å². The smallest absolute Gasteiger partial charge is 0.272 e. The van der Waals surface area contributed by atoms with Crippen LogP contribution in [0.5, 0.6) is 0 Å². The highest BCUT2D eigenvalue weighted by molar-refractivity contribution is 5.95. The van der Waals surface area contributed by atoms with Gasteiger partial charge in [0.2, 0.25) is 0 Å². The van der Waals surface area contributed by atoms with Gasteiger partial charge in [0.05, 0.1) is 17.8 Å². The number of carbonyl (C=O) groups is 1. The Balaban J connectivity index is 1.82. The molecule has 94 valence electrons. The second-order valence-corrected chi connectivity index (χ2v) is 4.55. The number of likely N-dealkylation sites (tertiary alicyclic amines) is 1. The highest BCUT2D eigenvalue weighted by Crippen LogP contribution is 2.15. The summed E-state index contributed by atoms with van der Waals surface area (Å²) in [6.07, 6.45) is 4.31. The first-order valence-electron chi connectivity index (χ1n) is 6.00. The molecule has 6 heteroatoms. The number of nitrogens with zero attached hydrogens (tertiary/aromatic N) is 3. The number of rotatable bonds is 1. The number of hydrogen-bond acceptors (Lipinski definition) is 4. The molecule has 2 aromatic rings. The number of nitrogens with one attached hydrogen (secondary N) is 1. The van der Waals surface area contributed by atoms with Crippen LogP contribution in [0.2, 0.25) is 0 Å². The molecule has 0 saturated carbocycles. The second kappa shape index (κ2) is 4.38. The first kappa shape index (κ1) is 11.2. The zero-order valence-electron chi connectivity index (χ0n) is 9.83. The first-order valence-corrected chi connectivity index (χ1v) is 6.00. The van der Waals surface area contributed by atoms with Crippen LogP contribution in [0.4, 0.5) is 0 Å². The predicted octanol–water partition coefficient (Wildman–Crippen LogP) is 0.555. The van der Waals surface area contributed by atoms with Crippen LogP contribution in [0.1, 0.15) is 23.3 Å². The maximum absolute atomic E-state index is 12.2. The number of pyridine rings is 1. The maximum atomic E-state index is 12.2. The number of aromatic nitrogens is 3. The zero-order chi connectivity index (χ0) is 12.5. The Kier molecular flexibility index (Phi) is 2.71. The van der Waals surface area contributed by atoms with Gasteiger partial charge in [0.25, 0.3) is 5.91 Å². The predicted molar refractivity (Wildman–Crippen MR) is 65.0 cm³/mol. The summed E-state index contributed by atoms with van der Waals surface area (Å²) >= 11 is 0. The highest BCUT2D eigenvalue weighted by Gasteiger charge is 2.23. The summed E-state index contributed by atoms with van der Waals surface area (Å²) in [4.78, 5) is 18.1. The minimum absolute atomic E-state index is 0.0848. The van der Waals surface area contributed by atoms with Crippen molar-refractivity contribution < 1.29 is 9.90 Å². The molecule has 2 aromatic heterocycles. The number of aliphatic hydroxyl groups excluding tert-OH is 1. The Morgan fingerprint density at radius 2 is 2.17 bits per heavy atom. The van der Waals surface area contributed by atoms with E-state index in [9.17, 15) is 9.90 Å². The first-order chi connectivity index (χ1) is 8.74. The average molecular weight is 246 g/mol. The van der Waals surface area contributed by atoms with Crippen LogP contribution in [-0.2, 0) is 0 Å². The van der Waals surface area contributed by atoms with Crippen molar-refractivity contribution in [2.45, 2.75) is 18.9 Å². The van der Waals surface area contributed by atoms with Crippen LogP contribution in [0, 0.1) is 0 Å². The normalized spacial score (nSPS) is 17.3. The number of aromatic amines is 1. The molecule has 0 bridgehead atoms. The van der Waals surface area contributed by atoms with Crippen molar-refractivity contribution in [1.29, 1.82) is 0 Å². The molecule has 0 atom stereocenters. The fourth-order valence-electron chi connectivity index (χ4n) is 2.18. The van der Waals surface area contributed by atoms with Gasteiger partial charge in [0, 0.05) is 24.7 Å². The zero-order valence-corrected chi connectivity index (χ0v) is 9.83. The van der Waals surface area contributed by atoms with Gasteiger partial charge in [0.15, 0.2) is 0 Å². The van der Waals surface area contributed by atoms with Crippen LogP contribution in [-0.4, -0.2) is 50.3 Å². The Hall–Kier alpha value is -1.95. The standard InChI is InChI=1S/C12H14N4O2/c17-9-1-3-16(4-2-9)12(18)11-5-10-8(6-13-11)7-14-15-10/h5-7,9,17H,1-4H2,(H,14,15). The molecule has 3 rings (SSSR count). The van der Waals surface area contributed by atoms with Gasteiger partial charge >= 0.3 is 0 Å². The molecule has 0 spiro atoms. The van der Waals surface area contributed by atoms with Crippen molar-refractivity contribution in [1.82, 2.24) is 20.1 Å². The van der Waals surface area contributed by atoms with Gasteiger partial charge in [-0.3, -0.25) is 14.9 Å². The van der Waals surface area contributed by atoms with Gasteiger partial charge < -0.3 is 10.0 Å². The molecule has 0 aliphatic carbocycles. The number of amides is 1. The van der Waals surface area contributed by atoms with Gasteiger partial charge in [-0.15, -0.1) is 0 Å². The monoisotopic (exact) mass is 246 g/mol.